The van der Waals surface area contributed by atoms with E-state index >= 15 is 0 Å². The first kappa shape index (κ1) is 15.7. The van der Waals surface area contributed by atoms with Gasteiger partial charge in [-0.05, 0) is 31.7 Å². The maximum Gasteiger partial charge on any atom is 0.402 e. The molecule has 0 bridgehead atoms. The van der Waals surface area contributed by atoms with Crippen molar-refractivity contribution in [2.45, 2.75) is 25.4 Å². The maximum atomic E-state index is 12.0. The highest BCUT2D eigenvalue weighted by molar-refractivity contribution is 7.87. The molecule has 1 aliphatic heterocycles. The monoisotopic (exact) mass is 289 g/mol. The zero-order chi connectivity index (χ0) is 13.8. The summed E-state index contributed by atoms with van der Waals surface area (Å²) in [5, 5.41) is 0. The molecule has 1 aliphatic rings. The molecular weight excluding hydrogens is 271 g/mol. The molecule has 1 rings (SSSR count). The molecule has 9 heteroatoms. The van der Waals surface area contributed by atoms with Crippen molar-refractivity contribution >= 4 is 10.2 Å². The molecule has 0 aromatic heterocycles. The molecule has 1 unspecified atom stereocenters. The van der Waals surface area contributed by atoms with E-state index in [-0.39, 0.29) is 19.0 Å². The first-order valence-electron chi connectivity index (χ1n) is 5.76. The number of nitrogens with zero attached hydrogens (tertiary/aromatic N) is 1. The smallest absolute Gasteiger partial charge is 0.330 e. The van der Waals surface area contributed by atoms with Crippen LogP contribution >= 0.6 is 0 Å². The molecule has 0 radical (unpaired) electrons. The lowest BCUT2D eigenvalue weighted by Gasteiger charge is -2.31. The van der Waals surface area contributed by atoms with E-state index in [1.165, 1.54) is 0 Å². The Morgan fingerprint density at radius 3 is 2.61 bits per heavy atom. The topological polar surface area (TPSA) is 75.4 Å². The highest BCUT2D eigenvalue weighted by Gasteiger charge is 2.33. The minimum atomic E-state index is -4.54. The lowest BCUT2D eigenvalue weighted by atomic mass is 9.96. The second kappa shape index (κ2) is 6.18. The van der Waals surface area contributed by atoms with Crippen molar-refractivity contribution in [3.8, 4) is 0 Å². The average molecular weight is 289 g/mol. The number of alkyl halides is 3. The number of halogens is 3. The van der Waals surface area contributed by atoms with Gasteiger partial charge in [-0.25, -0.2) is 0 Å². The normalized spacial score (nSPS) is 23.2. The summed E-state index contributed by atoms with van der Waals surface area (Å²) in [4.78, 5) is 0. The second-order valence-corrected chi connectivity index (χ2v) is 6.14. The Labute approximate surface area is 105 Å². The van der Waals surface area contributed by atoms with Crippen molar-refractivity contribution in [1.29, 1.82) is 0 Å². The molecule has 0 aliphatic carbocycles. The van der Waals surface area contributed by atoms with Crippen molar-refractivity contribution in [2.24, 2.45) is 11.7 Å². The van der Waals surface area contributed by atoms with Gasteiger partial charge >= 0.3 is 6.18 Å². The lowest BCUT2D eigenvalue weighted by Crippen LogP contribution is -2.48. The average Bonchev–Trinajstić information content (AvgIpc) is 2.27. The Kier molecular flexibility index (Phi) is 5.38. The van der Waals surface area contributed by atoms with E-state index in [9.17, 15) is 21.6 Å². The number of piperidine rings is 1. The molecule has 0 saturated carbocycles. The predicted octanol–water partition coefficient (Wildman–Crippen LogP) is 0.444. The van der Waals surface area contributed by atoms with Crippen molar-refractivity contribution < 1.29 is 21.6 Å². The van der Waals surface area contributed by atoms with Crippen LogP contribution in [-0.2, 0) is 10.2 Å². The molecule has 1 atom stereocenters. The zero-order valence-corrected chi connectivity index (χ0v) is 10.7. The van der Waals surface area contributed by atoms with Gasteiger partial charge in [0.05, 0.1) is 0 Å². The molecule has 1 heterocycles. The van der Waals surface area contributed by atoms with Crippen LogP contribution in [-0.4, -0.2) is 45.1 Å². The van der Waals surface area contributed by atoms with Gasteiger partial charge < -0.3 is 5.73 Å². The maximum absolute atomic E-state index is 12.0. The fourth-order valence-electron chi connectivity index (χ4n) is 1.98. The highest BCUT2D eigenvalue weighted by Crippen LogP contribution is 2.21. The summed E-state index contributed by atoms with van der Waals surface area (Å²) in [5.41, 5.74) is 5.40. The van der Waals surface area contributed by atoms with Crippen LogP contribution in [0.15, 0.2) is 0 Å². The van der Waals surface area contributed by atoms with E-state index in [1.807, 2.05) is 0 Å². The van der Waals surface area contributed by atoms with Gasteiger partial charge in [-0.1, -0.05) is 0 Å². The van der Waals surface area contributed by atoms with E-state index in [0.717, 1.165) is 10.7 Å². The SMILES string of the molecule is NCCC1CCCN(S(=O)(=O)NCC(F)(F)F)C1. The van der Waals surface area contributed by atoms with E-state index < -0.39 is 22.9 Å². The molecule has 0 amide bonds. The molecule has 1 saturated heterocycles. The van der Waals surface area contributed by atoms with Gasteiger partial charge in [0.2, 0.25) is 0 Å². The van der Waals surface area contributed by atoms with Crippen molar-refractivity contribution in [2.75, 3.05) is 26.2 Å². The lowest BCUT2D eigenvalue weighted by molar-refractivity contribution is -0.121. The van der Waals surface area contributed by atoms with Crippen LogP contribution in [0.4, 0.5) is 13.2 Å². The molecule has 0 spiro atoms. The molecule has 5 nitrogen and oxygen atoms in total. The molecule has 108 valence electrons. The minimum Gasteiger partial charge on any atom is -0.330 e. The summed E-state index contributed by atoms with van der Waals surface area (Å²) in [6, 6.07) is 0. The van der Waals surface area contributed by atoms with Gasteiger partial charge in [0.1, 0.15) is 6.54 Å². The summed E-state index contributed by atoms with van der Waals surface area (Å²) < 4.78 is 61.9. The summed E-state index contributed by atoms with van der Waals surface area (Å²) in [6.45, 7) is -0.583. The van der Waals surface area contributed by atoms with E-state index in [4.69, 9.17) is 5.73 Å². The number of hydrogen-bond acceptors (Lipinski definition) is 3. The molecule has 0 aromatic rings. The van der Waals surface area contributed by atoms with Crippen LogP contribution in [0.1, 0.15) is 19.3 Å². The van der Waals surface area contributed by atoms with Crippen molar-refractivity contribution in [1.82, 2.24) is 9.03 Å². The Morgan fingerprint density at radius 1 is 1.39 bits per heavy atom. The Bertz CT molecular complexity index is 357. The third-order valence-corrected chi connectivity index (χ3v) is 4.37. The molecule has 0 aromatic carbocycles. The third-order valence-electron chi connectivity index (χ3n) is 2.85. The number of hydrogen-bond donors (Lipinski definition) is 2. The van der Waals surface area contributed by atoms with Crippen LogP contribution in [0.2, 0.25) is 0 Å². The van der Waals surface area contributed by atoms with Gasteiger partial charge in [0, 0.05) is 13.1 Å². The first-order chi connectivity index (χ1) is 8.24. The van der Waals surface area contributed by atoms with Crippen molar-refractivity contribution in [3.05, 3.63) is 0 Å². The van der Waals surface area contributed by atoms with Gasteiger partial charge in [-0.2, -0.15) is 30.6 Å². The van der Waals surface area contributed by atoms with Crippen LogP contribution in [0.25, 0.3) is 0 Å². The van der Waals surface area contributed by atoms with E-state index in [1.54, 1.807) is 4.72 Å². The van der Waals surface area contributed by atoms with Gasteiger partial charge in [-0.3, -0.25) is 0 Å². The summed E-state index contributed by atoms with van der Waals surface area (Å²) in [6.07, 6.45) is -2.34. The zero-order valence-electron chi connectivity index (χ0n) is 9.91. The summed E-state index contributed by atoms with van der Waals surface area (Å²) in [5.74, 6) is 0.131. The van der Waals surface area contributed by atoms with Gasteiger partial charge in [0.15, 0.2) is 0 Å². The van der Waals surface area contributed by atoms with Crippen molar-refractivity contribution in [3.63, 3.8) is 0 Å². The standard InChI is InChI=1S/C9H18F3N3O2S/c10-9(11,12)7-14-18(16,17)15-5-1-2-8(6-15)3-4-13/h8,14H,1-7,13H2. The Balaban J connectivity index is 2.56. The third kappa shape index (κ3) is 5.09. The number of rotatable bonds is 5. The van der Waals surface area contributed by atoms with Crippen LogP contribution in [0.3, 0.4) is 0 Å². The van der Waals surface area contributed by atoms with E-state index in [0.29, 0.717) is 19.4 Å². The Hall–Kier alpha value is -0.380. The summed E-state index contributed by atoms with van der Waals surface area (Å²) in [7, 11) is -4.05. The van der Waals surface area contributed by atoms with Crippen LogP contribution < -0.4 is 10.5 Å². The highest BCUT2D eigenvalue weighted by atomic mass is 32.2. The molecular formula is C9H18F3N3O2S. The van der Waals surface area contributed by atoms with Gasteiger partial charge in [-0.15, -0.1) is 0 Å². The molecule has 18 heavy (non-hydrogen) atoms. The molecule has 3 N–H and O–H groups in total. The minimum absolute atomic E-state index is 0.131. The molecule has 1 fully saturated rings. The van der Waals surface area contributed by atoms with Gasteiger partial charge in [0.25, 0.3) is 10.2 Å². The number of nitrogens with one attached hydrogen (secondary N) is 1. The Morgan fingerprint density at radius 2 is 2.06 bits per heavy atom. The van der Waals surface area contributed by atoms with E-state index in [2.05, 4.69) is 0 Å². The quantitative estimate of drug-likeness (QED) is 0.771. The fourth-order valence-corrected chi connectivity index (χ4v) is 3.29. The second-order valence-electron chi connectivity index (χ2n) is 4.38. The first-order valence-corrected chi connectivity index (χ1v) is 7.20. The largest absolute Gasteiger partial charge is 0.402 e. The number of nitrogens with two attached hydrogens (primary N) is 1. The summed E-state index contributed by atoms with van der Waals surface area (Å²) >= 11 is 0. The van der Waals surface area contributed by atoms with Crippen LogP contribution in [0.5, 0.6) is 0 Å². The fraction of sp³-hybridized carbons (Fsp3) is 1.00. The predicted molar refractivity (Wildman–Crippen MR) is 60.9 cm³/mol. The van der Waals surface area contributed by atoms with Crippen LogP contribution in [0, 0.1) is 5.92 Å².